The average Bonchev–Trinajstić information content (AvgIpc) is 2.45. The quantitative estimate of drug-likeness (QED) is 0.673. The average molecular weight is 320 g/mol. The van der Waals surface area contributed by atoms with Gasteiger partial charge >= 0.3 is 12.4 Å². The second kappa shape index (κ2) is 5.55. The summed E-state index contributed by atoms with van der Waals surface area (Å²) < 4.78 is 83.1. The third kappa shape index (κ3) is 3.18. The van der Waals surface area contributed by atoms with E-state index in [1.807, 2.05) is 0 Å². The molecule has 0 fully saturated rings. The van der Waals surface area contributed by atoms with Gasteiger partial charge in [0.2, 0.25) is 0 Å². The minimum atomic E-state index is -4.80. The zero-order chi connectivity index (χ0) is 16.5. The van der Waals surface area contributed by atoms with E-state index in [4.69, 9.17) is 4.74 Å². The number of benzene rings is 2. The molecule has 0 bridgehead atoms. The zero-order valence-corrected chi connectivity index (χ0v) is 11.2. The summed E-state index contributed by atoms with van der Waals surface area (Å²) in [6.07, 6.45) is -9.55. The molecule has 22 heavy (non-hydrogen) atoms. The van der Waals surface area contributed by atoms with Crippen molar-refractivity contribution in [2.24, 2.45) is 0 Å². The molecular formula is C15H10F6O. The maximum Gasteiger partial charge on any atom is 0.417 e. The molecule has 2 rings (SSSR count). The van der Waals surface area contributed by atoms with Crippen LogP contribution in [0.2, 0.25) is 0 Å². The van der Waals surface area contributed by atoms with E-state index >= 15 is 0 Å². The lowest BCUT2D eigenvalue weighted by atomic mass is 9.94. The topological polar surface area (TPSA) is 9.23 Å². The highest BCUT2D eigenvalue weighted by molar-refractivity contribution is 5.72. The van der Waals surface area contributed by atoms with Crippen molar-refractivity contribution in [2.75, 3.05) is 7.11 Å². The molecule has 2 aromatic carbocycles. The predicted molar refractivity (Wildman–Crippen MR) is 68.4 cm³/mol. The van der Waals surface area contributed by atoms with Gasteiger partial charge in [0.25, 0.3) is 0 Å². The van der Waals surface area contributed by atoms with Gasteiger partial charge in [0.05, 0.1) is 18.2 Å². The molecule has 0 saturated heterocycles. The van der Waals surface area contributed by atoms with Crippen LogP contribution in [0.15, 0.2) is 42.5 Å². The van der Waals surface area contributed by atoms with Crippen molar-refractivity contribution in [3.8, 4) is 16.9 Å². The van der Waals surface area contributed by atoms with Gasteiger partial charge in [-0.1, -0.05) is 24.3 Å². The number of hydrogen-bond donors (Lipinski definition) is 0. The van der Waals surface area contributed by atoms with Crippen LogP contribution in [0.1, 0.15) is 11.1 Å². The van der Waals surface area contributed by atoms with Crippen molar-refractivity contribution in [2.45, 2.75) is 12.4 Å². The van der Waals surface area contributed by atoms with Gasteiger partial charge in [-0.25, -0.2) is 0 Å². The van der Waals surface area contributed by atoms with E-state index in [9.17, 15) is 26.3 Å². The fourth-order valence-electron chi connectivity index (χ4n) is 2.08. The fourth-order valence-corrected chi connectivity index (χ4v) is 2.08. The molecule has 0 amide bonds. The van der Waals surface area contributed by atoms with Crippen LogP contribution in [0.25, 0.3) is 11.1 Å². The van der Waals surface area contributed by atoms with Crippen molar-refractivity contribution in [3.05, 3.63) is 53.6 Å². The Bertz CT molecular complexity index is 672. The summed E-state index contributed by atoms with van der Waals surface area (Å²) in [5, 5.41) is 0. The molecule has 1 nitrogen and oxygen atoms in total. The molecule has 2 aromatic rings. The number of methoxy groups -OCH3 is 1. The number of alkyl halides is 6. The number of halogens is 6. The van der Waals surface area contributed by atoms with Crippen LogP contribution in [-0.2, 0) is 12.4 Å². The monoisotopic (exact) mass is 320 g/mol. The highest BCUT2D eigenvalue weighted by Gasteiger charge is 2.38. The van der Waals surface area contributed by atoms with Crippen LogP contribution in [-0.4, -0.2) is 7.11 Å². The van der Waals surface area contributed by atoms with Crippen molar-refractivity contribution in [3.63, 3.8) is 0 Å². The molecule has 0 aromatic heterocycles. The lowest BCUT2D eigenvalue weighted by molar-refractivity contribution is -0.139. The first kappa shape index (κ1) is 16.2. The lowest BCUT2D eigenvalue weighted by Gasteiger charge is -2.18. The number of rotatable bonds is 2. The van der Waals surface area contributed by atoms with Crippen LogP contribution in [0.4, 0.5) is 26.3 Å². The smallest absolute Gasteiger partial charge is 0.417 e. The standard InChI is InChI=1S/C15H10F6O/c1-22-9-6-7-11(13(8-9)15(19,20)21)10-4-2-3-5-12(10)14(16,17)18/h2-8H,1H3. The minimum Gasteiger partial charge on any atom is -0.497 e. The zero-order valence-electron chi connectivity index (χ0n) is 11.2. The molecule has 7 heteroatoms. The summed E-state index contributed by atoms with van der Waals surface area (Å²) in [5.41, 5.74) is -3.36. The van der Waals surface area contributed by atoms with Crippen LogP contribution < -0.4 is 4.74 Å². The minimum absolute atomic E-state index is 0.0828. The molecule has 118 valence electrons. The van der Waals surface area contributed by atoms with E-state index in [1.165, 1.54) is 19.2 Å². The summed E-state index contributed by atoms with van der Waals surface area (Å²) >= 11 is 0. The first-order valence-electron chi connectivity index (χ1n) is 6.06. The molecule has 0 aliphatic heterocycles. The summed E-state index contributed by atoms with van der Waals surface area (Å²) in [7, 11) is 1.18. The fraction of sp³-hybridized carbons (Fsp3) is 0.200. The SMILES string of the molecule is COc1ccc(-c2ccccc2C(F)(F)F)c(C(F)(F)F)c1. The van der Waals surface area contributed by atoms with E-state index in [0.29, 0.717) is 6.07 Å². The van der Waals surface area contributed by atoms with Gasteiger partial charge in [-0.3, -0.25) is 0 Å². The Morgan fingerprint density at radius 1 is 0.727 bits per heavy atom. The summed E-state index contributed by atoms with van der Waals surface area (Å²) in [5.74, 6) is -0.0828. The van der Waals surface area contributed by atoms with Gasteiger partial charge in [0.15, 0.2) is 0 Å². The van der Waals surface area contributed by atoms with Crippen LogP contribution >= 0.6 is 0 Å². The molecule has 0 aliphatic rings. The summed E-state index contributed by atoms with van der Waals surface area (Å²) in [6, 6.07) is 7.00. The second-order valence-corrected chi connectivity index (χ2v) is 4.45. The molecular weight excluding hydrogens is 310 g/mol. The highest BCUT2D eigenvalue weighted by Crippen LogP contribution is 2.43. The molecule has 0 N–H and O–H groups in total. The Morgan fingerprint density at radius 2 is 1.27 bits per heavy atom. The highest BCUT2D eigenvalue weighted by atomic mass is 19.4. The van der Waals surface area contributed by atoms with E-state index in [1.54, 1.807) is 0 Å². The molecule has 0 saturated carbocycles. The Balaban J connectivity index is 2.74. The van der Waals surface area contributed by atoms with E-state index in [-0.39, 0.29) is 5.75 Å². The van der Waals surface area contributed by atoms with Gasteiger partial charge in [-0.15, -0.1) is 0 Å². The van der Waals surface area contributed by atoms with Crippen LogP contribution in [0, 0.1) is 0 Å². The van der Waals surface area contributed by atoms with Gasteiger partial charge in [0, 0.05) is 0 Å². The second-order valence-electron chi connectivity index (χ2n) is 4.45. The maximum atomic E-state index is 13.1. The first-order valence-corrected chi connectivity index (χ1v) is 6.06. The Morgan fingerprint density at radius 3 is 1.82 bits per heavy atom. The maximum absolute atomic E-state index is 13.1. The molecule has 0 spiro atoms. The molecule has 0 atom stereocenters. The summed E-state index contributed by atoms with van der Waals surface area (Å²) in [6.45, 7) is 0. The Labute approximate surface area is 122 Å². The largest absolute Gasteiger partial charge is 0.497 e. The van der Waals surface area contributed by atoms with Gasteiger partial charge < -0.3 is 4.74 Å². The van der Waals surface area contributed by atoms with Crippen molar-refractivity contribution >= 4 is 0 Å². The van der Waals surface area contributed by atoms with Crippen molar-refractivity contribution in [1.29, 1.82) is 0 Å². The number of hydrogen-bond acceptors (Lipinski definition) is 1. The van der Waals surface area contributed by atoms with Crippen LogP contribution in [0.5, 0.6) is 5.75 Å². The summed E-state index contributed by atoms with van der Waals surface area (Å²) in [4.78, 5) is 0. The molecule has 0 radical (unpaired) electrons. The number of ether oxygens (including phenoxy) is 1. The van der Waals surface area contributed by atoms with Crippen molar-refractivity contribution < 1.29 is 31.1 Å². The predicted octanol–water partition coefficient (Wildman–Crippen LogP) is 5.40. The van der Waals surface area contributed by atoms with Gasteiger partial charge in [-0.05, 0) is 29.3 Å². The Hall–Kier alpha value is -2.18. The van der Waals surface area contributed by atoms with Gasteiger partial charge in [0.1, 0.15) is 5.75 Å². The molecule has 0 unspecified atom stereocenters. The van der Waals surface area contributed by atoms with E-state index in [0.717, 1.165) is 24.3 Å². The normalized spacial score (nSPS) is 12.3. The van der Waals surface area contributed by atoms with Crippen LogP contribution in [0.3, 0.4) is 0 Å². The van der Waals surface area contributed by atoms with Gasteiger partial charge in [-0.2, -0.15) is 26.3 Å². The third-order valence-electron chi connectivity index (χ3n) is 3.05. The van der Waals surface area contributed by atoms with E-state index in [2.05, 4.69) is 0 Å². The molecule has 0 aliphatic carbocycles. The third-order valence-corrected chi connectivity index (χ3v) is 3.05. The lowest BCUT2D eigenvalue weighted by Crippen LogP contribution is -2.11. The Kier molecular flexibility index (Phi) is 4.08. The first-order chi connectivity index (χ1) is 10.1. The van der Waals surface area contributed by atoms with Crippen molar-refractivity contribution in [1.82, 2.24) is 0 Å². The molecule has 0 heterocycles. The van der Waals surface area contributed by atoms with E-state index < -0.39 is 34.6 Å².